The average Bonchev–Trinajstić information content (AvgIpc) is 2.62. The van der Waals surface area contributed by atoms with Crippen molar-refractivity contribution >= 4 is 11.6 Å². The van der Waals surface area contributed by atoms with Crippen LogP contribution in [0.4, 0.5) is 10.1 Å². The Morgan fingerprint density at radius 1 is 1.08 bits per heavy atom. The predicted octanol–water partition coefficient (Wildman–Crippen LogP) is 3.23. The van der Waals surface area contributed by atoms with Gasteiger partial charge in [-0.2, -0.15) is 0 Å². The van der Waals surface area contributed by atoms with E-state index in [1.165, 1.54) is 12.1 Å². The third-order valence-electron chi connectivity index (χ3n) is 4.18. The van der Waals surface area contributed by atoms with Crippen LogP contribution >= 0.6 is 0 Å². The standard InChI is InChI=1S/C19H21FN2O2/c20-16-8-6-15(7-9-16)18(22-10-12-24-13-11-22)14-19(23)21-17-4-2-1-3-5-17/h1-9,18H,10-14H2,(H,21,23)/t18-/m0/s1. The molecule has 3 rings (SSSR count). The molecule has 0 aromatic heterocycles. The maximum Gasteiger partial charge on any atom is 0.226 e. The summed E-state index contributed by atoms with van der Waals surface area (Å²) in [6.07, 6.45) is 0.320. The van der Waals surface area contributed by atoms with Gasteiger partial charge in [0.15, 0.2) is 0 Å². The highest BCUT2D eigenvalue weighted by molar-refractivity contribution is 5.91. The molecular weight excluding hydrogens is 307 g/mol. The first kappa shape index (κ1) is 16.6. The molecule has 1 aliphatic rings. The van der Waals surface area contributed by atoms with Crippen LogP contribution in [0.25, 0.3) is 0 Å². The molecule has 0 unspecified atom stereocenters. The van der Waals surface area contributed by atoms with Crippen molar-refractivity contribution in [3.05, 3.63) is 66.0 Å². The van der Waals surface area contributed by atoms with Crippen LogP contribution in [0, 0.1) is 5.82 Å². The minimum atomic E-state index is -0.270. The summed E-state index contributed by atoms with van der Waals surface area (Å²) >= 11 is 0. The van der Waals surface area contributed by atoms with E-state index in [1.54, 1.807) is 12.1 Å². The summed E-state index contributed by atoms with van der Waals surface area (Å²) in [6, 6.07) is 15.7. The fraction of sp³-hybridized carbons (Fsp3) is 0.316. The first-order valence-electron chi connectivity index (χ1n) is 8.14. The molecule has 126 valence electrons. The molecule has 1 fully saturated rings. The van der Waals surface area contributed by atoms with Crippen LogP contribution in [-0.4, -0.2) is 37.1 Å². The molecule has 2 aromatic rings. The molecule has 24 heavy (non-hydrogen) atoms. The topological polar surface area (TPSA) is 41.6 Å². The van der Waals surface area contributed by atoms with Gasteiger partial charge in [-0.05, 0) is 29.8 Å². The van der Waals surface area contributed by atoms with Crippen LogP contribution in [0.5, 0.6) is 0 Å². The Hall–Kier alpha value is -2.24. The molecule has 2 aromatic carbocycles. The molecule has 1 aliphatic heterocycles. The Bertz CT molecular complexity index is 655. The summed E-state index contributed by atoms with van der Waals surface area (Å²) in [7, 11) is 0. The lowest BCUT2D eigenvalue weighted by Gasteiger charge is -2.34. The smallest absolute Gasteiger partial charge is 0.226 e. The molecule has 1 atom stereocenters. The number of ether oxygens (including phenoxy) is 1. The summed E-state index contributed by atoms with van der Waals surface area (Å²) in [4.78, 5) is 14.7. The van der Waals surface area contributed by atoms with Gasteiger partial charge in [0.1, 0.15) is 5.82 Å². The van der Waals surface area contributed by atoms with Crippen molar-refractivity contribution < 1.29 is 13.9 Å². The average molecular weight is 328 g/mol. The maximum absolute atomic E-state index is 13.2. The number of amides is 1. The number of anilines is 1. The summed E-state index contributed by atoms with van der Waals surface area (Å²) in [6.45, 7) is 2.83. The summed E-state index contributed by atoms with van der Waals surface area (Å²) in [5.74, 6) is -0.324. The quantitative estimate of drug-likeness (QED) is 0.916. The van der Waals surface area contributed by atoms with E-state index in [2.05, 4.69) is 10.2 Å². The van der Waals surface area contributed by atoms with E-state index in [4.69, 9.17) is 4.74 Å². The van der Waals surface area contributed by atoms with Gasteiger partial charge in [0.05, 0.1) is 13.2 Å². The highest BCUT2D eigenvalue weighted by Gasteiger charge is 2.25. The molecule has 0 spiro atoms. The number of morpholine rings is 1. The van der Waals surface area contributed by atoms with E-state index >= 15 is 0 Å². The largest absolute Gasteiger partial charge is 0.379 e. The number of nitrogens with one attached hydrogen (secondary N) is 1. The summed E-state index contributed by atoms with van der Waals surface area (Å²) in [5, 5.41) is 2.92. The fourth-order valence-corrected chi connectivity index (χ4v) is 2.94. The second-order valence-corrected chi connectivity index (χ2v) is 5.83. The highest BCUT2D eigenvalue weighted by atomic mass is 19.1. The van der Waals surface area contributed by atoms with Crippen molar-refractivity contribution in [2.24, 2.45) is 0 Å². The molecule has 5 heteroatoms. The van der Waals surface area contributed by atoms with Crippen LogP contribution in [0.15, 0.2) is 54.6 Å². The second-order valence-electron chi connectivity index (χ2n) is 5.83. The van der Waals surface area contributed by atoms with Gasteiger partial charge in [-0.3, -0.25) is 9.69 Å². The van der Waals surface area contributed by atoms with E-state index in [0.29, 0.717) is 19.6 Å². The third-order valence-corrected chi connectivity index (χ3v) is 4.18. The fourth-order valence-electron chi connectivity index (χ4n) is 2.94. The molecule has 1 N–H and O–H groups in total. The number of carbonyl (C=O) groups excluding carboxylic acids is 1. The van der Waals surface area contributed by atoms with Crippen LogP contribution in [0.2, 0.25) is 0 Å². The molecule has 0 aliphatic carbocycles. The van der Waals surface area contributed by atoms with Crippen molar-refractivity contribution in [3.8, 4) is 0 Å². The lowest BCUT2D eigenvalue weighted by atomic mass is 10.0. The Morgan fingerprint density at radius 2 is 1.75 bits per heavy atom. The predicted molar refractivity (Wildman–Crippen MR) is 91.2 cm³/mol. The molecule has 0 radical (unpaired) electrons. The highest BCUT2D eigenvalue weighted by Crippen LogP contribution is 2.26. The van der Waals surface area contributed by atoms with Crippen LogP contribution in [-0.2, 0) is 9.53 Å². The van der Waals surface area contributed by atoms with Gasteiger partial charge in [-0.15, -0.1) is 0 Å². The van der Waals surface area contributed by atoms with Crippen LogP contribution < -0.4 is 5.32 Å². The zero-order valence-electron chi connectivity index (χ0n) is 13.5. The number of carbonyl (C=O) groups is 1. The Kier molecular flexibility index (Phi) is 5.56. The van der Waals surface area contributed by atoms with Gasteiger partial charge >= 0.3 is 0 Å². The third kappa shape index (κ3) is 4.40. The zero-order chi connectivity index (χ0) is 16.8. The van der Waals surface area contributed by atoms with E-state index in [9.17, 15) is 9.18 Å². The van der Waals surface area contributed by atoms with Gasteiger partial charge in [-0.25, -0.2) is 4.39 Å². The van der Waals surface area contributed by atoms with Crippen molar-refractivity contribution in [1.82, 2.24) is 4.90 Å². The Morgan fingerprint density at radius 3 is 2.42 bits per heavy atom. The molecule has 1 saturated heterocycles. The van der Waals surface area contributed by atoms with Crippen LogP contribution in [0.1, 0.15) is 18.0 Å². The van der Waals surface area contributed by atoms with E-state index in [1.807, 2.05) is 30.3 Å². The summed E-state index contributed by atoms with van der Waals surface area (Å²) in [5.41, 5.74) is 1.73. The Labute approximate surface area is 141 Å². The van der Waals surface area contributed by atoms with E-state index in [-0.39, 0.29) is 17.8 Å². The zero-order valence-corrected chi connectivity index (χ0v) is 13.5. The monoisotopic (exact) mass is 328 g/mol. The number of benzene rings is 2. The normalized spacial score (nSPS) is 16.5. The van der Waals surface area contributed by atoms with Gasteiger partial charge in [0.2, 0.25) is 5.91 Å². The number of halogens is 1. The number of nitrogens with zero attached hydrogens (tertiary/aromatic N) is 1. The molecule has 0 bridgehead atoms. The molecule has 0 saturated carbocycles. The number of para-hydroxylation sites is 1. The van der Waals surface area contributed by atoms with Gasteiger partial charge in [-0.1, -0.05) is 30.3 Å². The molecule has 1 amide bonds. The lowest BCUT2D eigenvalue weighted by molar-refractivity contribution is -0.118. The number of hydrogen-bond acceptors (Lipinski definition) is 3. The molecular formula is C19H21FN2O2. The minimum Gasteiger partial charge on any atom is -0.379 e. The SMILES string of the molecule is O=C(C[C@@H](c1ccc(F)cc1)N1CCOCC1)Nc1ccccc1. The number of rotatable bonds is 5. The molecule has 1 heterocycles. The number of hydrogen-bond donors (Lipinski definition) is 1. The van der Waals surface area contributed by atoms with Crippen LogP contribution in [0.3, 0.4) is 0 Å². The van der Waals surface area contributed by atoms with Crippen molar-refractivity contribution in [3.63, 3.8) is 0 Å². The maximum atomic E-state index is 13.2. The molecule has 4 nitrogen and oxygen atoms in total. The second kappa shape index (κ2) is 8.04. The summed E-state index contributed by atoms with van der Waals surface area (Å²) < 4.78 is 18.6. The first-order valence-corrected chi connectivity index (χ1v) is 8.14. The van der Waals surface area contributed by atoms with Gasteiger partial charge in [0.25, 0.3) is 0 Å². The van der Waals surface area contributed by atoms with Gasteiger partial charge < -0.3 is 10.1 Å². The first-order chi connectivity index (χ1) is 11.7. The van der Waals surface area contributed by atoms with Crippen molar-refractivity contribution in [2.75, 3.05) is 31.6 Å². The van der Waals surface area contributed by atoms with E-state index < -0.39 is 0 Å². The van der Waals surface area contributed by atoms with E-state index in [0.717, 1.165) is 24.3 Å². The lowest BCUT2D eigenvalue weighted by Crippen LogP contribution is -2.40. The van der Waals surface area contributed by atoms with Gasteiger partial charge in [0, 0.05) is 31.2 Å². The van der Waals surface area contributed by atoms with Crippen molar-refractivity contribution in [1.29, 1.82) is 0 Å². The van der Waals surface area contributed by atoms with Crippen molar-refractivity contribution in [2.45, 2.75) is 12.5 Å². The minimum absolute atomic E-state index is 0.0537. The Balaban J connectivity index is 1.73.